The number of carboxylic acid groups (broad SMARTS) is 1. The third-order valence-electron chi connectivity index (χ3n) is 3.74. The van der Waals surface area contributed by atoms with Crippen LogP contribution in [0.15, 0.2) is 42.5 Å². The number of hydrogen-bond donors (Lipinski definition) is 1. The van der Waals surface area contributed by atoms with Crippen LogP contribution in [0, 0.1) is 5.82 Å². The first-order chi connectivity index (χ1) is 10.5. The topological polar surface area (TPSA) is 51.5 Å². The van der Waals surface area contributed by atoms with E-state index in [0.29, 0.717) is 22.4 Å². The van der Waals surface area contributed by atoms with Crippen LogP contribution in [0.25, 0.3) is 22.0 Å². The van der Waals surface area contributed by atoms with Gasteiger partial charge < -0.3 is 14.4 Å². The first kappa shape index (κ1) is 14.1. The van der Waals surface area contributed by atoms with Crippen LogP contribution in [0.1, 0.15) is 10.5 Å². The molecule has 0 saturated carbocycles. The number of ether oxygens (including phenoxy) is 1. The molecule has 0 spiro atoms. The zero-order valence-corrected chi connectivity index (χ0v) is 12.1. The molecule has 0 bridgehead atoms. The molecule has 2 aromatic carbocycles. The third-order valence-corrected chi connectivity index (χ3v) is 3.74. The van der Waals surface area contributed by atoms with Crippen LogP contribution in [-0.2, 0) is 7.05 Å². The Labute approximate surface area is 126 Å². The molecule has 4 nitrogen and oxygen atoms in total. The average molecular weight is 299 g/mol. The van der Waals surface area contributed by atoms with E-state index in [0.717, 1.165) is 5.39 Å². The molecule has 1 heterocycles. The lowest BCUT2D eigenvalue weighted by atomic mass is 10.0. The maximum atomic E-state index is 14.2. The van der Waals surface area contributed by atoms with Gasteiger partial charge in [0.05, 0.1) is 12.6 Å². The lowest BCUT2D eigenvalue weighted by Crippen LogP contribution is -2.04. The van der Waals surface area contributed by atoms with Gasteiger partial charge in [-0.1, -0.05) is 18.2 Å². The van der Waals surface area contributed by atoms with Crippen LogP contribution in [0.2, 0.25) is 0 Å². The highest BCUT2D eigenvalue weighted by Gasteiger charge is 2.17. The summed E-state index contributed by atoms with van der Waals surface area (Å²) in [4.78, 5) is 11.3. The van der Waals surface area contributed by atoms with E-state index in [9.17, 15) is 14.3 Å². The Morgan fingerprint density at radius 3 is 2.64 bits per heavy atom. The number of para-hydroxylation sites is 1. The van der Waals surface area contributed by atoms with Gasteiger partial charge in [0.15, 0.2) is 0 Å². The van der Waals surface area contributed by atoms with E-state index >= 15 is 0 Å². The molecule has 0 aliphatic heterocycles. The predicted octanol–water partition coefficient (Wildman–Crippen LogP) is 3.69. The molecule has 0 fully saturated rings. The number of nitrogens with zero attached hydrogens (tertiary/aromatic N) is 1. The van der Waals surface area contributed by atoms with Crippen molar-refractivity contribution >= 4 is 16.9 Å². The van der Waals surface area contributed by atoms with Gasteiger partial charge in [-0.25, -0.2) is 9.18 Å². The summed E-state index contributed by atoms with van der Waals surface area (Å²) >= 11 is 0. The molecule has 0 radical (unpaired) electrons. The van der Waals surface area contributed by atoms with Gasteiger partial charge in [-0.3, -0.25) is 0 Å². The largest absolute Gasteiger partial charge is 0.497 e. The molecule has 0 atom stereocenters. The minimum absolute atomic E-state index is 0.158. The highest BCUT2D eigenvalue weighted by atomic mass is 19.1. The molecule has 3 aromatic rings. The lowest BCUT2D eigenvalue weighted by molar-refractivity contribution is 0.0687. The number of methoxy groups -OCH3 is 1. The monoisotopic (exact) mass is 299 g/mol. The summed E-state index contributed by atoms with van der Waals surface area (Å²) in [7, 11) is 3.18. The first-order valence-electron chi connectivity index (χ1n) is 6.68. The van der Waals surface area contributed by atoms with Gasteiger partial charge in [0.1, 0.15) is 17.3 Å². The summed E-state index contributed by atoms with van der Waals surface area (Å²) in [5.74, 6) is -0.858. The van der Waals surface area contributed by atoms with Crippen molar-refractivity contribution in [3.63, 3.8) is 0 Å². The van der Waals surface area contributed by atoms with E-state index in [1.54, 1.807) is 41.9 Å². The fraction of sp³-hybridized carbons (Fsp3) is 0.118. The number of aryl methyl sites for hydroxylation is 1. The molecule has 1 aromatic heterocycles. The van der Waals surface area contributed by atoms with E-state index in [2.05, 4.69) is 0 Å². The van der Waals surface area contributed by atoms with Crippen LogP contribution >= 0.6 is 0 Å². The SMILES string of the molecule is COc1ccc(F)c(-c2cccc3cc(C(=O)O)n(C)c23)c1. The van der Waals surface area contributed by atoms with Crippen molar-refractivity contribution in [3.8, 4) is 16.9 Å². The van der Waals surface area contributed by atoms with Crippen molar-refractivity contribution in [2.75, 3.05) is 7.11 Å². The molecule has 0 aliphatic carbocycles. The zero-order valence-electron chi connectivity index (χ0n) is 12.1. The van der Waals surface area contributed by atoms with Gasteiger partial charge >= 0.3 is 5.97 Å². The second-order valence-electron chi connectivity index (χ2n) is 4.98. The van der Waals surface area contributed by atoms with E-state index in [1.807, 2.05) is 6.07 Å². The summed E-state index contributed by atoms with van der Waals surface area (Å²) in [6.07, 6.45) is 0. The Balaban J connectivity index is 2.34. The second kappa shape index (κ2) is 5.18. The van der Waals surface area contributed by atoms with Crippen molar-refractivity contribution in [2.24, 2.45) is 7.05 Å². The molecular formula is C17H14FNO3. The van der Waals surface area contributed by atoms with Crippen LogP contribution in [0.5, 0.6) is 5.75 Å². The number of aromatic nitrogens is 1. The van der Waals surface area contributed by atoms with Gasteiger partial charge in [0.25, 0.3) is 0 Å². The van der Waals surface area contributed by atoms with Crippen LogP contribution in [0.3, 0.4) is 0 Å². The van der Waals surface area contributed by atoms with Gasteiger partial charge in [-0.05, 0) is 24.3 Å². The van der Waals surface area contributed by atoms with E-state index in [-0.39, 0.29) is 11.5 Å². The van der Waals surface area contributed by atoms with Crippen LogP contribution in [-0.4, -0.2) is 22.8 Å². The third kappa shape index (κ3) is 2.11. The number of hydrogen-bond acceptors (Lipinski definition) is 2. The van der Waals surface area contributed by atoms with Crippen molar-refractivity contribution in [1.82, 2.24) is 4.57 Å². The van der Waals surface area contributed by atoms with Crippen molar-refractivity contribution < 1.29 is 19.0 Å². The van der Waals surface area contributed by atoms with Crippen molar-refractivity contribution in [3.05, 3.63) is 54.0 Å². The first-order valence-corrected chi connectivity index (χ1v) is 6.68. The Hall–Kier alpha value is -2.82. The van der Waals surface area contributed by atoms with Gasteiger partial charge in [-0.15, -0.1) is 0 Å². The highest BCUT2D eigenvalue weighted by Crippen LogP contribution is 2.34. The maximum Gasteiger partial charge on any atom is 0.352 e. The summed E-state index contributed by atoms with van der Waals surface area (Å²) < 4.78 is 20.9. The fourth-order valence-electron chi connectivity index (χ4n) is 2.68. The summed E-state index contributed by atoms with van der Waals surface area (Å²) in [5.41, 5.74) is 1.84. The summed E-state index contributed by atoms with van der Waals surface area (Å²) in [6.45, 7) is 0. The summed E-state index contributed by atoms with van der Waals surface area (Å²) in [5, 5.41) is 10.00. The summed E-state index contributed by atoms with van der Waals surface area (Å²) in [6, 6.07) is 11.4. The number of carboxylic acids is 1. The smallest absolute Gasteiger partial charge is 0.352 e. The van der Waals surface area contributed by atoms with Gasteiger partial charge in [0.2, 0.25) is 0 Å². The minimum Gasteiger partial charge on any atom is -0.497 e. The average Bonchev–Trinajstić information content (AvgIpc) is 2.85. The van der Waals surface area contributed by atoms with Gasteiger partial charge in [-0.2, -0.15) is 0 Å². The number of carbonyl (C=O) groups is 1. The molecule has 112 valence electrons. The van der Waals surface area contributed by atoms with Crippen LogP contribution < -0.4 is 4.74 Å². The molecule has 22 heavy (non-hydrogen) atoms. The maximum absolute atomic E-state index is 14.2. The van der Waals surface area contributed by atoms with Gasteiger partial charge in [0, 0.05) is 23.6 Å². The molecule has 0 saturated heterocycles. The number of aromatic carboxylic acids is 1. The molecule has 5 heteroatoms. The van der Waals surface area contributed by atoms with Crippen LogP contribution in [0.4, 0.5) is 4.39 Å². The molecule has 0 amide bonds. The molecular weight excluding hydrogens is 285 g/mol. The molecule has 0 unspecified atom stereocenters. The highest BCUT2D eigenvalue weighted by molar-refractivity contribution is 6.01. The Bertz CT molecular complexity index is 883. The lowest BCUT2D eigenvalue weighted by Gasteiger charge is -2.10. The minimum atomic E-state index is -1.02. The van der Waals surface area contributed by atoms with E-state index in [1.165, 1.54) is 13.2 Å². The molecule has 3 rings (SSSR count). The Morgan fingerprint density at radius 1 is 1.18 bits per heavy atom. The zero-order chi connectivity index (χ0) is 15.9. The quantitative estimate of drug-likeness (QED) is 0.802. The number of rotatable bonds is 3. The Kier molecular flexibility index (Phi) is 3.33. The normalized spacial score (nSPS) is 10.9. The number of benzene rings is 2. The second-order valence-corrected chi connectivity index (χ2v) is 4.98. The molecule has 1 N–H and O–H groups in total. The standard InChI is InChI=1S/C17H14FNO3/c1-19-15(17(20)21)8-10-4-3-5-12(16(10)19)13-9-11(22-2)6-7-14(13)18/h3-9H,1-2H3,(H,20,21). The van der Waals surface area contributed by atoms with Crippen molar-refractivity contribution in [2.45, 2.75) is 0 Å². The number of fused-ring (bicyclic) bond motifs is 1. The Morgan fingerprint density at radius 2 is 1.95 bits per heavy atom. The fourth-order valence-corrected chi connectivity index (χ4v) is 2.68. The predicted molar refractivity (Wildman–Crippen MR) is 81.8 cm³/mol. The van der Waals surface area contributed by atoms with E-state index in [4.69, 9.17) is 4.74 Å². The number of halogens is 1. The van der Waals surface area contributed by atoms with Crippen molar-refractivity contribution in [1.29, 1.82) is 0 Å². The molecule has 0 aliphatic rings. The van der Waals surface area contributed by atoms with E-state index < -0.39 is 5.97 Å².